The number of halogens is 4. The van der Waals surface area contributed by atoms with Crippen LogP contribution in [0.5, 0.6) is 0 Å². The van der Waals surface area contributed by atoms with Gasteiger partial charge in [-0.1, -0.05) is 48.0 Å². The molecule has 0 N–H and O–H groups in total. The lowest BCUT2D eigenvalue weighted by Gasteiger charge is -2.36. The Labute approximate surface area is 222 Å². The third-order valence-electron chi connectivity index (χ3n) is 6.44. The molecule has 5 rings (SSSR count). The molecule has 10 heteroatoms. The van der Waals surface area contributed by atoms with E-state index >= 15 is 0 Å². The first-order chi connectivity index (χ1) is 18.3. The number of carbonyl (C=O) groups excluding carboxylic acids is 1. The third kappa shape index (κ3) is 4.95. The van der Waals surface area contributed by atoms with Gasteiger partial charge < -0.3 is 9.80 Å². The highest BCUT2D eigenvalue weighted by molar-refractivity contribution is 6.32. The van der Waals surface area contributed by atoms with Gasteiger partial charge in [0.25, 0.3) is 5.91 Å². The second-order valence-electron chi connectivity index (χ2n) is 8.76. The minimum absolute atomic E-state index is 0.166. The van der Waals surface area contributed by atoms with Gasteiger partial charge >= 0.3 is 6.18 Å². The molecular weight excluding hydrogens is 515 g/mol. The molecule has 0 saturated carbocycles. The number of nitriles is 1. The monoisotopic (exact) mass is 535 g/mol. The van der Waals surface area contributed by atoms with Crippen LogP contribution < -0.4 is 4.90 Å². The van der Waals surface area contributed by atoms with Crippen molar-refractivity contribution in [2.45, 2.75) is 6.18 Å². The number of para-hydroxylation sites is 2. The van der Waals surface area contributed by atoms with E-state index in [-0.39, 0.29) is 16.6 Å². The molecule has 0 atom stereocenters. The number of hydrogen-bond acceptors (Lipinski definition) is 4. The van der Waals surface area contributed by atoms with E-state index in [0.717, 1.165) is 11.8 Å². The summed E-state index contributed by atoms with van der Waals surface area (Å²) in [5.41, 5.74) is 1.81. The Morgan fingerprint density at radius 2 is 1.53 bits per heavy atom. The number of anilines is 1. The summed E-state index contributed by atoms with van der Waals surface area (Å²) in [6.45, 7) is 2.13. The summed E-state index contributed by atoms with van der Waals surface area (Å²) < 4.78 is 41.6. The second kappa shape index (κ2) is 10.2. The molecule has 1 aliphatic rings. The molecule has 4 aromatic rings. The van der Waals surface area contributed by atoms with Crippen LogP contribution in [0.1, 0.15) is 21.6 Å². The summed E-state index contributed by atoms with van der Waals surface area (Å²) in [6.07, 6.45) is -4.63. The van der Waals surface area contributed by atoms with E-state index in [2.05, 4.69) is 16.1 Å². The molecule has 3 aromatic carbocycles. The molecule has 0 aliphatic carbocycles. The van der Waals surface area contributed by atoms with Gasteiger partial charge in [-0.2, -0.15) is 23.5 Å². The molecule has 1 saturated heterocycles. The highest BCUT2D eigenvalue weighted by Gasteiger charge is 2.35. The van der Waals surface area contributed by atoms with Crippen LogP contribution in [0.2, 0.25) is 5.02 Å². The molecule has 192 valence electrons. The van der Waals surface area contributed by atoms with Crippen LogP contribution in [-0.2, 0) is 6.18 Å². The van der Waals surface area contributed by atoms with Crippen molar-refractivity contribution in [1.82, 2.24) is 14.7 Å². The Bertz CT molecular complexity index is 1520. The largest absolute Gasteiger partial charge is 0.435 e. The maximum Gasteiger partial charge on any atom is 0.435 e. The van der Waals surface area contributed by atoms with Gasteiger partial charge in [0.2, 0.25) is 0 Å². The van der Waals surface area contributed by atoms with Gasteiger partial charge in [-0.3, -0.25) is 4.79 Å². The Balaban J connectivity index is 1.36. The first kappa shape index (κ1) is 25.4. The Hall–Kier alpha value is -4.29. The van der Waals surface area contributed by atoms with E-state index in [0.29, 0.717) is 48.6 Å². The number of amides is 1. The number of rotatable bonds is 4. The van der Waals surface area contributed by atoms with E-state index < -0.39 is 11.9 Å². The zero-order chi connectivity index (χ0) is 26.9. The van der Waals surface area contributed by atoms with Crippen LogP contribution in [-0.4, -0.2) is 46.8 Å². The molecule has 1 aliphatic heterocycles. The van der Waals surface area contributed by atoms with E-state index in [1.807, 2.05) is 18.2 Å². The van der Waals surface area contributed by atoms with Gasteiger partial charge in [-0.25, -0.2) is 4.68 Å². The Morgan fingerprint density at radius 3 is 2.16 bits per heavy atom. The van der Waals surface area contributed by atoms with E-state index in [1.54, 1.807) is 59.5 Å². The average Bonchev–Trinajstić information content (AvgIpc) is 3.39. The van der Waals surface area contributed by atoms with Gasteiger partial charge in [0.1, 0.15) is 6.07 Å². The van der Waals surface area contributed by atoms with Crippen molar-refractivity contribution in [2.75, 3.05) is 31.1 Å². The van der Waals surface area contributed by atoms with Crippen molar-refractivity contribution < 1.29 is 18.0 Å². The lowest BCUT2D eigenvalue weighted by molar-refractivity contribution is -0.141. The maximum atomic E-state index is 13.5. The standard InChI is InChI=1S/C28H21ClF3N5O/c29-22-6-2-4-8-24(22)37-25(17-26(34-37)28(30,31)32)19-9-11-20(12-10-19)27(38)36-15-13-35(14-16-36)23-7-3-1-5-21(23)18-33/h1-12,17H,13-16H2. The highest BCUT2D eigenvalue weighted by Crippen LogP contribution is 2.34. The van der Waals surface area contributed by atoms with Crippen molar-refractivity contribution in [1.29, 1.82) is 5.26 Å². The van der Waals surface area contributed by atoms with E-state index in [4.69, 9.17) is 11.6 Å². The fourth-order valence-electron chi connectivity index (χ4n) is 4.49. The van der Waals surface area contributed by atoms with Crippen LogP contribution >= 0.6 is 11.6 Å². The molecule has 1 amide bonds. The summed E-state index contributed by atoms with van der Waals surface area (Å²) in [5.74, 6) is -0.166. The van der Waals surface area contributed by atoms with Crippen molar-refractivity contribution in [3.05, 3.63) is 101 Å². The first-order valence-corrected chi connectivity index (χ1v) is 12.2. The quantitative estimate of drug-likeness (QED) is 0.319. The summed E-state index contributed by atoms with van der Waals surface area (Å²) >= 11 is 6.25. The van der Waals surface area contributed by atoms with Gasteiger partial charge in [-0.15, -0.1) is 0 Å². The molecule has 2 heterocycles. The van der Waals surface area contributed by atoms with Crippen LogP contribution in [0.15, 0.2) is 78.9 Å². The van der Waals surface area contributed by atoms with Crippen LogP contribution in [0, 0.1) is 11.3 Å². The summed E-state index contributed by atoms with van der Waals surface area (Å²) in [5, 5.41) is 13.4. The van der Waals surface area contributed by atoms with Crippen molar-refractivity contribution >= 4 is 23.2 Å². The maximum absolute atomic E-state index is 13.5. The Morgan fingerprint density at radius 1 is 0.895 bits per heavy atom. The number of piperazine rings is 1. The predicted molar refractivity (Wildman–Crippen MR) is 138 cm³/mol. The van der Waals surface area contributed by atoms with Gasteiger partial charge in [-0.05, 0) is 42.5 Å². The number of hydrogen-bond donors (Lipinski definition) is 0. The fraction of sp³-hybridized carbons (Fsp3) is 0.179. The topological polar surface area (TPSA) is 65.2 Å². The Kier molecular flexibility index (Phi) is 6.83. The van der Waals surface area contributed by atoms with Crippen LogP contribution in [0.3, 0.4) is 0 Å². The SMILES string of the molecule is N#Cc1ccccc1N1CCN(C(=O)c2ccc(-c3cc(C(F)(F)F)nn3-c3ccccc3Cl)cc2)CC1. The van der Waals surface area contributed by atoms with Crippen molar-refractivity contribution in [3.63, 3.8) is 0 Å². The van der Waals surface area contributed by atoms with Gasteiger partial charge in [0.05, 0.1) is 27.7 Å². The number of aromatic nitrogens is 2. The molecule has 1 aromatic heterocycles. The van der Waals surface area contributed by atoms with E-state index in [9.17, 15) is 23.2 Å². The van der Waals surface area contributed by atoms with Crippen molar-refractivity contribution in [3.8, 4) is 23.0 Å². The number of carbonyl (C=O) groups is 1. The predicted octanol–water partition coefficient (Wildman–Crippen LogP) is 6.05. The molecule has 6 nitrogen and oxygen atoms in total. The zero-order valence-corrected chi connectivity index (χ0v) is 20.7. The molecule has 0 bridgehead atoms. The summed E-state index contributed by atoms with van der Waals surface area (Å²) in [6, 6.07) is 23.5. The van der Waals surface area contributed by atoms with Gasteiger partial charge in [0.15, 0.2) is 5.69 Å². The average molecular weight is 536 g/mol. The molecule has 0 unspecified atom stereocenters. The number of benzene rings is 3. The number of alkyl halides is 3. The first-order valence-electron chi connectivity index (χ1n) is 11.8. The smallest absolute Gasteiger partial charge is 0.367 e. The third-order valence-corrected chi connectivity index (χ3v) is 6.76. The van der Waals surface area contributed by atoms with Crippen LogP contribution in [0.4, 0.5) is 18.9 Å². The van der Waals surface area contributed by atoms with Gasteiger partial charge in [0, 0.05) is 37.3 Å². The molecule has 0 spiro atoms. The lowest BCUT2D eigenvalue weighted by atomic mass is 10.1. The van der Waals surface area contributed by atoms with E-state index in [1.165, 1.54) is 4.68 Å². The minimum atomic E-state index is -4.63. The summed E-state index contributed by atoms with van der Waals surface area (Å²) in [7, 11) is 0. The fourth-order valence-corrected chi connectivity index (χ4v) is 4.71. The zero-order valence-electron chi connectivity index (χ0n) is 20.0. The minimum Gasteiger partial charge on any atom is -0.367 e. The summed E-state index contributed by atoms with van der Waals surface area (Å²) in [4.78, 5) is 17.0. The highest BCUT2D eigenvalue weighted by atomic mass is 35.5. The molecule has 1 fully saturated rings. The van der Waals surface area contributed by atoms with Crippen LogP contribution in [0.25, 0.3) is 16.9 Å². The second-order valence-corrected chi connectivity index (χ2v) is 9.17. The lowest BCUT2D eigenvalue weighted by Crippen LogP contribution is -2.49. The normalized spacial score (nSPS) is 13.9. The number of nitrogens with zero attached hydrogens (tertiary/aromatic N) is 5. The molecule has 38 heavy (non-hydrogen) atoms. The molecular formula is C28H21ClF3N5O. The van der Waals surface area contributed by atoms with Crippen molar-refractivity contribution in [2.24, 2.45) is 0 Å². The molecule has 0 radical (unpaired) electrons.